The van der Waals surface area contributed by atoms with Crippen molar-refractivity contribution in [2.45, 2.75) is 27.7 Å². The third kappa shape index (κ3) is 5.62. The Morgan fingerprint density at radius 1 is 1.12 bits per heavy atom. The smallest absolute Gasteiger partial charge is 0.277 e. The molecule has 26 heavy (non-hydrogen) atoms. The van der Waals surface area contributed by atoms with Gasteiger partial charge in [-0.3, -0.25) is 4.79 Å². The summed E-state index contributed by atoms with van der Waals surface area (Å²) in [5.74, 6) is 0.419. The molecule has 0 fully saturated rings. The summed E-state index contributed by atoms with van der Waals surface area (Å²) in [6.07, 6.45) is 1.63. The summed E-state index contributed by atoms with van der Waals surface area (Å²) in [7, 11) is 0. The van der Waals surface area contributed by atoms with Crippen LogP contribution in [0.15, 0.2) is 47.6 Å². The van der Waals surface area contributed by atoms with Crippen molar-refractivity contribution < 1.29 is 9.53 Å². The Labute approximate surface area is 155 Å². The number of anilines is 1. The molecule has 0 aliphatic rings. The molecule has 0 saturated carbocycles. The second-order valence-electron chi connectivity index (χ2n) is 6.11. The van der Waals surface area contributed by atoms with Crippen LogP contribution in [-0.4, -0.2) is 31.8 Å². The molecule has 0 atom stereocenters. The molecule has 1 N–H and O–H groups in total. The molecule has 2 rings (SSSR count). The van der Waals surface area contributed by atoms with Gasteiger partial charge in [-0.05, 0) is 57.0 Å². The number of nitrogens with zero attached hydrogens (tertiary/aromatic N) is 2. The van der Waals surface area contributed by atoms with E-state index in [1.807, 2.05) is 44.2 Å². The number of nitrogens with one attached hydrogen (secondary N) is 1. The van der Waals surface area contributed by atoms with Gasteiger partial charge in [0, 0.05) is 18.8 Å². The van der Waals surface area contributed by atoms with Crippen LogP contribution in [0, 0.1) is 13.8 Å². The molecule has 0 saturated heterocycles. The Hall–Kier alpha value is -2.82. The van der Waals surface area contributed by atoms with Crippen molar-refractivity contribution in [3.05, 3.63) is 59.2 Å². The van der Waals surface area contributed by atoms with Gasteiger partial charge in [-0.15, -0.1) is 0 Å². The Morgan fingerprint density at radius 2 is 1.81 bits per heavy atom. The molecular weight excluding hydrogens is 326 g/mol. The lowest BCUT2D eigenvalue weighted by Crippen LogP contribution is -2.24. The van der Waals surface area contributed by atoms with Gasteiger partial charge in [0.05, 0.1) is 6.21 Å². The SMILES string of the molecule is CCN(CC)c1ccc(/C=N\NC(=O)COc2ccc(C)cc2C)cc1. The highest BCUT2D eigenvalue weighted by molar-refractivity contribution is 5.83. The minimum atomic E-state index is -0.291. The van der Waals surface area contributed by atoms with Crippen LogP contribution in [0.3, 0.4) is 0 Å². The van der Waals surface area contributed by atoms with Crippen molar-refractivity contribution in [3.8, 4) is 5.75 Å². The Kier molecular flexibility index (Phi) is 7.21. The number of benzene rings is 2. The first kappa shape index (κ1) is 19.5. The molecule has 0 aliphatic carbocycles. The maximum Gasteiger partial charge on any atom is 0.277 e. The maximum atomic E-state index is 11.8. The van der Waals surface area contributed by atoms with Gasteiger partial charge in [-0.25, -0.2) is 5.43 Å². The van der Waals surface area contributed by atoms with Gasteiger partial charge in [-0.1, -0.05) is 29.8 Å². The number of ether oxygens (including phenoxy) is 1. The minimum Gasteiger partial charge on any atom is -0.483 e. The van der Waals surface area contributed by atoms with Crippen LogP contribution >= 0.6 is 0 Å². The fraction of sp³-hybridized carbons (Fsp3) is 0.333. The summed E-state index contributed by atoms with van der Waals surface area (Å²) in [4.78, 5) is 14.1. The van der Waals surface area contributed by atoms with Gasteiger partial charge >= 0.3 is 0 Å². The number of hydrogen-bond acceptors (Lipinski definition) is 4. The highest BCUT2D eigenvalue weighted by atomic mass is 16.5. The summed E-state index contributed by atoms with van der Waals surface area (Å²) in [5.41, 5.74) is 6.76. The van der Waals surface area contributed by atoms with Crippen molar-refractivity contribution in [2.75, 3.05) is 24.6 Å². The Balaban J connectivity index is 1.83. The van der Waals surface area contributed by atoms with E-state index in [1.165, 1.54) is 5.69 Å². The highest BCUT2D eigenvalue weighted by Crippen LogP contribution is 2.18. The zero-order chi connectivity index (χ0) is 18.9. The lowest BCUT2D eigenvalue weighted by molar-refractivity contribution is -0.123. The predicted molar refractivity (Wildman–Crippen MR) is 107 cm³/mol. The topological polar surface area (TPSA) is 53.9 Å². The molecule has 0 radical (unpaired) electrons. The number of carbonyl (C=O) groups is 1. The largest absolute Gasteiger partial charge is 0.483 e. The quantitative estimate of drug-likeness (QED) is 0.582. The second-order valence-corrected chi connectivity index (χ2v) is 6.11. The van der Waals surface area contributed by atoms with Crippen molar-refractivity contribution in [2.24, 2.45) is 5.10 Å². The maximum absolute atomic E-state index is 11.8. The van der Waals surface area contributed by atoms with Crippen LogP contribution < -0.4 is 15.1 Å². The van der Waals surface area contributed by atoms with Crippen LogP contribution in [0.1, 0.15) is 30.5 Å². The molecule has 0 spiro atoms. The monoisotopic (exact) mass is 353 g/mol. The molecule has 138 valence electrons. The van der Waals surface area contributed by atoms with E-state index in [0.717, 1.165) is 29.8 Å². The molecule has 2 aromatic rings. The third-order valence-corrected chi connectivity index (χ3v) is 4.11. The summed E-state index contributed by atoms with van der Waals surface area (Å²) < 4.78 is 5.53. The fourth-order valence-electron chi connectivity index (χ4n) is 2.68. The average Bonchev–Trinajstić information content (AvgIpc) is 2.63. The van der Waals surface area contributed by atoms with Crippen LogP contribution in [-0.2, 0) is 4.79 Å². The van der Waals surface area contributed by atoms with Crippen molar-refractivity contribution in [1.29, 1.82) is 0 Å². The van der Waals surface area contributed by atoms with Gasteiger partial charge in [0.2, 0.25) is 0 Å². The highest BCUT2D eigenvalue weighted by Gasteiger charge is 2.04. The van der Waals surface area contributed by atoms with Crippen LogP contribution in [0.25, 0.3) is 0 Å². The number of amides is 1. The minimum absolute atomic E-state index is 0.0673. The van der Waals surface area contributed by atoms with E-state index in [4.69, 9.17) is 4.74 Å². The lowest BCUT2D eigenvalue weighted by Gasteiger charge is -2.20. The zero-order valence-electron chi connectivity index (χ0n) is 16.0. The number of rotatable bonds is 8. The molecule has 0 aliphatic heterocycles. The molecule has 5 heteroatoms. The van der Waals surface area contributed by atoms with E-state index in [-0.39, 0.29) is 12.5 Å². The summed E-state index contributed by atoms with van der Waals surface area (Å²) >= 11 is 0. The Bertz CT molecular complexity index is 750. The molecule has 0 heterocycles. The van der Waals surface area contributed by atoms with E-state index in [2.05, 4.69) is 41.4 Å². The number of carbonyl (C=O) groups excluding carboxylic acids is 1. The predicted octanol–water partition coefficient (Wildman–Crippen LogP) is 3.68. The standard InChI is InChI=1S/C21H27N3O2/c1-5-24(6-2)19-10-8-18(9-11-19)14-22-23-21(25)15-26-20-12-7-16(3)13-17(20)4/h7-14H,5-6,15H2,1-4H3,(H,23,25)/b22-14-. The van der Waals surface area contributed by atoms with Gasteiger partial charge in [0.1, 0.15) is 5.75 Å². The van der Waals surface area contributed by atoms with Gasteiger partial charge in [-0.2, -0.15) is 5.10 Å². The molecule has 0 unspecified atom stereocenters. The number of hydrogen-bond donors (Lipinski definition) is 1. The fourth-order valence-corrected chi connectivity index (χ4v) is 2.68. The van der Waals surface area contributed by atoms with E-state index in [9.17, 15) is 4.79 Å². The van der Waals surface area contributed by atoms with E-state index >= 15 is 0 Å². The van der Waals surface area contributed by atoms with E-state index in [1.54, 1.807) is 6.21 Å². The van der Waals surface area contributed by atoms with Gasteiger partial charge in [0.15, 0.2) is 6.61 Å². The van der Waals surface area contributed by atoms with Crippen LogP contribution in [0.4, 0.5) is 5.69 Å². The normalized spacial score (nSPS) is 10.8. The molecule has 5 nitrogen and oxygen atoms in total. The number of hydrazone groups is 1. The van der Waals surface area contributed by atoms with Gasteiger partial charge in [0.25, 0.3) is 5.91 Å². The molecular formula is C21H27N3O2. The second kappa shape index (κ2) is 9.61. The van der Waals surface area contributed by atoms with Crippen molar-refractivity contribution in [3.63, 3.8) is 0 Å². The summed E-state index contributed by atoms with van der Waals surface area (Å²) in [6.45, 7) is 10.1. The average molecular weight is 353 g/mol. The third-order valence-electron chi connectivity index (χ3n) is 4.11. The van der Waals surface area contributed by atoms with Crippen LogP contribution in [0.2, 0.25) is 0 Å². The zero-order valence-corrected chi connectivity index (χ0v) is 16.0. The van der Waals surface area contributed by atoms with E-state index < -0.39 is 0 Å². The van der Waals surface area contributed by atoms with Crippen LogP contribution in [0.5, 0.6) is 5.75 Å². The van der Waals surface area contributed by atoms with Crippen molar-refractivity contribution in [1.82, 2.24) is 5.43 Å². The first-order valence-electron chi connectivity index (χ1n) is 8.90. The first-order chi connectivity index (χ1) is 12.5. The van der Waals surface area contributed by atoms with Gasteiger partial charge < -0.3 is 9.64 Å². The lowest BCUT2D eigenvalue weighted by atomic mass is 10.1. The first-order valence-corrected chi connectivity index (χ1v) is 8.90. The molecule has 2 aromatic carbocycles. The molecule has 0 aromatic heterocycles. The summed E-state index contributed by atoms with van der Waals surface area (Å²) in [5, 5.41) is 3.99. The molecule has 1 amide bonds. The molecule has 0 bridgehead atoms. The Morgan fingerprint density at radius 3 is 2.42 bits per heavy atom. The van der Waals surface area contributed by atoms with E-state index in [0.29, 0.717) is 5.75 Å². The summed E-state index contributed by atoms with van der Waals surface area (Å²) in [6, 6.07) is 13.9. The number of aryl methyl sites for hydroxylation is 2. The van der Waals surface area contributed by atoms with Crippen molar-refractivity contribution >= 4 is 17.8 Å².